The molecule has 1 fully saturated rings. The number of thiazole rings is 1. The fraction of sp³-hybridized carbons (Fsp3) is 0.200. The predicted octanol–water partition coefficient (Wildman–Crippen LogP) is 4.81. The van der Waals surface area contributed by atoms with E-state index in [0.717, 1.165) is 34.6 Å². The zero-order chi connectivity index (χ0) is 17.2. The second kappa shape index (κ2) is 6.76. The molecule has 0 aliphatic carbocycles. The first-order valence-electron chi connectivity index (χ1n) is 8.30. The Morgan fingerprint density at radius 1 is 1.24 bits per heavy atom. The van der Waals surface area contributed by atoms with E-state index in [9.17, 15) is 9.18 Å². The van der Waals surface area contributed by atoms with Crippen molar-refractivity contribution in [3.8, 4) is 0 Å². The molecule has 0 saturated carbocycles. The lowest BCUT2D eigenvalue weighted by Gasteiger charge is -2.21. The number of benzene rings is 2. The molecule has 1 saturated heterocycles. The summed E-state index contributed by atoms with van der Waals surface area (Å²) in [5.74, 6) is -0.353. The van der Waals surface area contributed by atoms with Crippen molar-refractivity contribution in [2.75, 3.05) is 6.54 Å². The number of likely N-dealkylation sites (tertiary alicyclic amines) is 1. The Kier molecular flexibility index (Phi) is 4.32. The topological polar surface area (TPSA) is 33.2 Å². The molecular weight excluding hydrogens is 335 g/mol. The number of aromatic nitrogens is 1. The van der Waals surface area contributed by atoms with Crippen LogP contribution in [0.2, 0.25) is 0 Å². The Hall–Kier alpha value is -2.53. The van der Waals surface area contributed by atoms with Gasteiger partial charge < -0.3 is 4.90 Å². The Morgan fingerprint density at radius 2 is 2.12 bits per heavy atom. The number of halogens is 1. The second-order valence-electron chi connectivity index (χ2n) is 6.10. The van der Waals surface area contributed by atoms with Crippen LogP contribution in [0.15, 0.2) is 54.6 Å². The number of amides is 1. The molecule has 1 aliphatic rings. The van der Waals surface area contributed by atoms with Crippen LogP contribution in [0, 0.1) is 5.82 Å². The number of hydrogen-bond acceptors (Lipinski definition) is 3. The van der Waals surface area contributed by atoms with E-state index in [4.69, 9.17) is 4.98 Å². The van der Waals surface area contributed by atoms with Gasteiger partial charge in [0.1, 0.15) is 10.8 Å². The summed E-state index contributed by atoms with van der Waals surface area (Å²) in [7, 11) is 0. The highest BCUT2D eigenvalue weighted by Crippen LogP contribution is 2.36. The summed E-state index contributed by atoms with van der Waals surface area (Å²) in [4.78, 5) is 19.2. The molecule has 2 aromatic carbocycles. The largest absolute Gasteiger partial charge is 0.330 e. The van der Waals surface area contributed by atoms with Crippen LogP contribution >= 0.6 is 11.3 Å². The van der Waals surface area contributed by atoms with Crippen LogP contribution < -0.4 is 0 Å². The van der Waals surface area contributed by atoms with Gasteiger partial charge in [0.2, 0.25) is 5.91 Å². The maximum atomic E-state index is 13.2. The van der Waals surface area contributed by atoms with Crippen LogP contribution in [0.25, 0.3) is 16.3 Å². The Bertz CT molecular complexity index is 917. The van der Waals surface area contributed by atoms with Crippen LogP contribution in [0.4, 0.5) is 4.39 Å². The molecule has 5 heteroatoms. The molecule has 25 heavy (non-hydrogen) atoms. The van der Waals surface area contributed by atoms with Gasteiger partial charge in [0.15, 0.2) is 0 Å². The zero-order valence-corrected chi connectivity index (χ0v) is 14.4. The van der Waals surface area contributed by atoms with Gasteiger partial charge in [-0.05, 0) is 48.7 Å². The first-order valence-corrected chi connectivity index (χ1v) is 9.12. The third kappa shape index (κ3) is 3.33. The summed E-state index contributed by atoms with van der Waals surface area (Å²) >= 11 is 1.65. The molecule has 0 N–H and O–H groups in total. The predicted molar refractivity (Wildman–Crippen MR) is 98.7 cm³/mol. The quantitative estimate of drug-likeness (QED) is 0.634. The molecule has 1 atom stereocenters. The van der Waals surface area contributed by atoms with E-state index >= 15 is 0 Å². The minimum Gasteiger partial charge on any atom is -0.330 e. The van der Waals surface area contributed by atoms with E-state index in [1.807, 2.05) is 23.1 Å². The number of carbonyl (C=O) groups excluding carboxylic acids is 1. The average Bonchev–Trinajstić information content (AvgIpc) is 3.26. The van der Waals surface area contributed by atoms with Crippen molar-refractivity contribution in [3.05, 3.63) is 71.0 Å². The smallest absolute Gasteiger partial charge is 0.247 e. The highest BCUT2D eigenvalue weighted by Gasteiger charge is 2.31. The van der Waals surface area contributed by atoms with Crippen LogP contribution in [0.1, 0.15) is 29.5 Å². The standard InChI is InChI=1S/C20H17FN2OS/c21-15-6-3-5-14(13-15)10-11-19(24)23-12-4-8-17(23)20-22-16-7-1-2-9-18(16)25-20/h1-3,5-7,9-11,13,17H,4,8,12H2/b11-10+. The molecule has 1 aromatic heterocycles. The van der Waals surface area contributed by atoms with Crippen LogP contribution in [0.5, 0.6) is 0 Å². The molecule has 4 rings (SSSR count). The number of hydrogen-bond donors (Lipinski definition) is 0. The van der Waals surface area contributed by atoms with E-state index in [-0.39, 0.29) is 17.8 Å². The van der Waals surface area contributed by atoms with Crippen molar-refractivity contribution in [2.45, 2.75) is 18.9 Å². The Labute approximate surface area is 149 Å². The summed E-state index contributed by atoms with van der Waals surface area (Å²) < 4.78 is 14.4. The van der Waals surface area contributed by atoms with Gasteiger partial charge in [-0.15, -0.1) is 11.3 Å². The monoisotopic (exact) mass is 352 g/mol. The fourth-order valence-electron chi connectivity index (χ4n) is 3.19. The van der Waals surface area contributed by atoms with E-state index < -0.39 is 0 Å². The molecular formula is C20H17FN2OS. The molecule has 3 aromatic rings. The van der Waals surface area contributed by atoms with Crippen LogP contribution in [0.3, 0.4) is 0 Å². The average molecular weight is 352 g/mol. The summed E-state index contributed by atoms with van der Waals surface area (Å²) in [5, 5.41) is 0.992. The lowest BCUT2D eigenvalue weighted by atomic mass is 10.2. The molecule has 126 valence electrons. The summed E-state index contributed by atoms with van der Waals surface area (Å²) in [6, 6.07) is 14.3. The Balaban J connectivity index is 1.55. The Morgan fingerprint density at radius 3 is 2.96 bits per heavy atom. The molecule has 1 aliphatic heterocycles. The molecule has 1 amide bonds. The lowest BCUT2D eigenvalue weighted by Crippen LogP contribution is -2.28. The number of para-hydroxylation sites is 1. The van der Waals surface area contributed by atoms with Crippen molar-refractivity contribution >= 4 is 33.5 Å². The zero-order valence-electron chi connectivity index (χ0n) is 13.6. The molecule has 3 nitrogen and oxygen atoms in total. The number of rotatable bonds is 3. The molecule has 1 unspecified atom stereocenters. The second-order valence-corrected chi connectivity index (χ2v) is 7.16. The van der Waals surface area contributed by atoms with Gasteiger partial charge in [0, 0.05) is 12.6 Å². The SMILES string of the molecule is O=C(/C=C/c1cccc(F)c1)N1CCCC1c1nc2ccccc2s1. The van der Waals surface area contributed by atoms with Crippen molar-refractivity contribution in [1.29, 1.82) is 0 Å². The van der Waals surface area contributed by atoms with Crippen molar-refractivity contribution in [3.63, 3.8) is 0 Å². The third-order valence-corrected chi connectivity index (χ3v) is 5.54. The van der Waals surface area contributed by atoms with Gasteiger partial charge in [0.25, 0.3) is 0 Å². The van der Waals surface area contributed by atoms with E-state index in [1.54, 1.807) is 29.5 Å². The summed E-state index contributed by atoms with van der Waals surface area (Å²) in [5.41, 5.74) is 1.67. The van der Waals surface area contributed by atoms with Crippen molar-refractivity contribution in [2.24, 2.45) is 0 Å². The first-order chi connectivity index (χ1) is 12.2. The van der Waals surface area contributed by atoms with E-state index in [0.29, 0.717) is 5.56 Å². The van der Waals surface area contributed by atoms with E-state index in [2.05, 4.69) is 6.07 Å². The third-order valence-electron chi connectivity index (χ3n) is 4.40. The fourth-order valence-corrected chi connectivity index (χ4v) is 4.31. The first kappa shape index (κ1) is 16.0. The van der Waals surface area contributed by atoms with Gasteiger partial charge in [-0.3, -0.25) is 4.79 Å². The minimum atomic E-state index is -0.303. The highest BCUT2D eigenvalue weighted by atomic mass is 32.1. The van der Waals surface area contributed by atoms with Gasteiger partial charge in [0.05, 0.1) is 16.3 Å². The number of nitrogens with zero attached hydrogens (tertiary/aromatic N) is 2. The summed E-state index contributed by atoms with van der Waals surface area (Å²) in [6.07, 6.45) is 5.10. The van der Waals surface area contributed by atoms with Gasteiger partial charge in [-0.25, -0.2) is 9.37 Å². The maximum absolute atomic E-state index is 13.2. The molecule has 0 radical (unpaired) electrons. The normalized spacial score (nSPS) is 17.6. The van der Waals surface area contributed by atoms with Gasteiger partial charge in [-0.1, -0.05) is 24.3 Å². The van der Waals surface area contributed by atoms with Gasteiger partial charge >= 0.3 is 0 Å². The van der Waals surface area contributed by atoms with Gasteiger partial charge in [-0.2, -0.15) is 0 Å². The van der Waals surface area contributed by atoms with Crippen LogP contribution in [-0.4, -0.2) is 22.3 Å². The minimum absolute atomic E-state index is 0.0297. The highest BCUT2D eigenvalue weighted by molar-refractivity contribution is 7.18. The lowest BCUT2D eigenvalue weighted by molar-refractivity contribution is -0.126. The number of carbonyl (C=O) groups is 1. The van der Waals surface area contributed by atoms with Crippen LogP contribution in [-0.2, 0) is 4.79 Å². The summed E-state index contributed by atoms with van der Waals surface area (Å²) in [6.45, 7) is 0.729. The van der Waals surface area contributed by atoms with Crippen molar-refractivity contribution in [1.82, 2.24) is 9.88 Å². The van der Waals surface area contributed by atoms with Crippen molar-refractivity contribution < 1.29 is 9.18 Å². The van der Waals surface area contributed by atoms with E-state index in [1.165, 1.54) is 18.2 Å². The molecule has 0 bridgehead atoms. The molecule has 0 spiro atoms. The number of fused-ring (bicyclic) bond motifs is 1. The maximum Gasteiger partial charge on any atom is 0.247 e. The molecule has 2 heterocycles.